The summed E-state index contributed by atoms with van der Waals surface area (Å²) < 4.78 is 26.3. The number of hydrogen-bond acceptors (Lipinski definition) is 4. The number of aryl methyl sites for hydroxylation is 1. The fourth-order valence-corrected chi connectivity index (χ4v) is 3.40. The summed E-state index contributed by atoms with van der Waals surface area (Å²) in [5, 5.41) is 2.57. The molecule has 1 amide bonds. The Labute approximate surface area is 153 Å². The van der Waals surface area contributed by atoms with Gasteiger partial charge in [-0.05, 0) is 37.5 Å². The summed E-state index contributed by atoms with van der Waals surface area (Å²) in [6.07, 6.45) is 1.13. The molecule has 138 valence electrons. The zero-order valence-corrected chi connectivity index (χ0v) is 15.4. The van der Waals surface area contributed by atoms with E-state index in [9.17, 15) is 18.0 Å². The van der Waals surface area contributed by atoms with Crippen molar-refractivity contribution in [3.8, 4) is 0 Å². The second-order valence-electron chi connectivity index (χ2n) is 5.91. The standard InChI is InChI=1S/C19H22N2O4S/c1-15(22)17-10-5-11-18(13-17)21-19(23)14-20-26(24,25)12-6-9-16-7-3-2-4-8-16/h2-5,7-8,10-11,13,20H,6,9,12,14H2,1H3,(H,21,23). The first-order valence-electron chi connectivity index (χ1n) is 8.28. The molecule has 0 aliphatic rings. The van der Waals surface area contributed by atoms with Crippen molar-refractivity contribution >= 4 is 27.4 Å². The SMILES string of the molecule is CC(=O)c1cccc(NC(=O)CNS(=O)(=O)CCCc2ccccc2)c1. The summed E-state index contributed by atoms with van der Waals surface area (Å²) in [4.78, 5) is 23.3. The van der Waals surface area contributed by atoms with Crippen LogP contribution < -0.4 is 10.0 Å². The maximum absolute atomic E-state index is 12.0. The third-order valence-electron chi connectivity index (χ3n) is 3.73. The largest absolute Gasteiger partial charge is 0.325 e. The second kappa shape index (κ2) is 9.26. The highest BCUT2D eigenvalue weighted by Crippen LogP contribution is 2.11. The fraction of sp³-hybridized carbons (Fsp3) is 0.263. The number of ketones is 1. The van der Waals surface area contributed by atoms with Crippen molar-refractivity contribution in [1.29, 1.82) is 0 Å². The molecule has 2 N–H and O–H groups in total. The minimum atomic E-state index is -3.53. The number of sulfonamides is 1. The number of rotatable bonds is 9. The molecule has 7 heteroatoms. The summed E-state index contributed by atoms with van der Waals surface area (Å²) >= 11 is 0. The average Bonchev–Trinajstić information content (AvgIpc) is 2.61. The van der Waals surface area contributed by atoms with Gasteiger partial charge in [-0.1, -0.05) is 42.5 Å². The van der Waals surface area contributed by atoms with E-state index >= 15 is 0 Å². The van der Waals surface area contributed by atoms with Gasteiger partial charge in [-0.3, -0.25) is 9.59 Å². The van der Waals surface area contributed by atoms with Crippen LogP contribution in [0.15, 0.2) is 54.6 Å². The third-order valence-corrected chi connectivity index (χ3v) is 5.14. The minimum absolute atomic E-state index is 0.0466. The monoisotopic (exact) mass is 374 g/mol. The number of amides is 1. The van der Waals surface area contributed by atoms with Crippen LogP contribution in [0.25, 0.3) is 0 Å². The Morgan fingerprint density at radius 3 is 2.42 bits per heavy atom. The molecule has 0 spiro atoms. The van der Waals surface area contributed by atoms with E-state index in [2.05, 4.69) is 10.0 Å². The van der Waals surface area contributed by atoms with E-state index < -0.39 is 15.9 Å². The van der Waals surface area contributed by atoms with E-state index in [4.69, 9.17) is 0 Å². The number of Topliss-reactive ketones (excluding diaryl/α,β-unsaturated/α-hetero) is 1. The zero-order chi connectivity index (χ0) is 19.0. The first-order valence-corrected chi connectivity index (χ1v) is 9.93. The smallest absolute Gasteiger partial charge is 0.239 e. The number of anilines is 1. The predicted octanol–water partition coefficient (Wildman–Crippen LogP) is 2.38. The molecule has 0 saturated carbocycles. The summed E-state index contributed by atoms with van der Waals surface area (Å²) in [5.41, 5.74) is 2.00. The molecule has 2 rings (SSSR count). The van der Waals surface area contributed by atoms with Gasteiger partial charge in [0.2, 0.25) is 15.9 Å². The Hall–Kier alpha value is -2.51. The van der Waals surface area contributed by atoms with Crippen LogP contribution in [0.2, 0.25) is 0 Å². The third kappa shape index (κ3) is 6.78. The first-order chi connectivity index (χ1) is 12.4. The second-order valence-corrected chi connectivity index (χ2v) is 7.84. The number of carbonyl (C=O) groups is 2. The summed E-state index contributed by atoms with van der Waals surface area (Å²) in [7, 11) is -3.53. The highest BCUT2D eigenvalue weighted by molar-refractivity contribution is 7.89. The molecule has 6 nitrogen and oxygen atoms in total. The lowest BCUT2D eigenvalue weighted by Crippen LogP contribution is -2.34. The van der Waals surface area contributed by atoms with Crippen LogP contribution in [-0.2, 0) is 21.2 Å². The van der Waals surface area contributed by atoms with Crippen LogP contribution >= 0.6 is 0 Å². The topological polar surface area (TPSA) is 92.3 Å². The van der Waals surface area contributed by atoms with Crippen LogP contribution in [0.1, 0.15) is 29.3 Å². The quantitative estimate of drug-likeness (QED) is 0.659. The van der Waals surface area contributed by atoms with Crippen molar-refractivity contribution in [2.45, 2.75) is 19.8 Å². The molecule has 0 atom stereocenters. The average molecular weight is 374 g/mol. The number of hydrogen-bond donors (Lipinski definition) is 2. The van der Waals surface area contributed by atoms with E-state index in [-0.39, 0.29) is 18.1 Å². The molecule has 0 radical (unpaired) electrons. The molecular formula is C19H22N2O4S. The van der Waals surface area contributed by atoms with Crippen molar-refractivity contribution in [2.75, 3.05) is 17.6 Å². The molecule has 0 saturated heterocycles. The van der Waals surface area contributed by atoms with E-state index in [1.165, 1.54) is 6.92 Å². The van der Waals surface area contributed by atoms with Crippen molar-refractivity contribution in [2.24, 2.45) is 0 Å². The lowest BCUT2D eigenvalue weighted by molar-refractivity contribution is -0.115. The molecule has 26 heavy (non-hydrogen) atoms. The maximum atomic E-state index is 12.0. The summed E-state index contributed by atoms with van der Waals surface area (Å²) in [5.74, 6) is -0.646. The first kappa shape index (κ1) is 19.8. The Kier molecular flexibility index (Phi) is 7.06. The van der Waals surface area contributed by atoms with Crippen molar-refractivity contribution in [3.05, 3.63) is 65.7 Å². The minimum Gasteiger partial charge on any atom is -0.325 e. The van der Waals surface area contributed by atoms with Gasteiger partial charge in [-0.15, -0.1) is 0 Å². The number of benzene rings is 2. The molecule has 2 aromatic carbocycles. The van der Waals surface area contributed by atoms with Crippen molar-refractivity contribution in [3.63, 3.8) is 0 Å². The van der Waals surface area contributed by atoms with Gasteiger partial charge in [0, 0.05) is 11.3 Å². The van der Waals surface area contributed by atoms with Gasteiger partial charge in [0.25, 0.3) is 0 Å². The fourth-order valence-electron chi connectivity index (χ4n) is 2.38. The Balaban J connectivity index is 1.78. The molecule has 0 bridgehead atoms. The highest BCUT2D eigenvalue weighted by atomic mass is 32.2. The summed E-state index contributed by atoms with van der Waals surface area (Å²) in [6.45, 7) is 1.09. The molecular weight excluding hydrogens is 352 g/mol. The normalized spacial score (nSPS) is 11.1. The van der Waals surface area contributed by atoms with Crippen molar-refractivity contribution < 1.29 is 18.0 Å². The van der Waals surface area contributed by atoms with Gasteiger partial charge in [0.1, 0.15) is 0 Å². The molecule has 2 aromatic rings. The van der Waals surface area contributed by atoms with Gasteiger partial charge >= 0.3 is 0 Å². The molecule has 0 unspecified atom stereocenters. The Morgan fingerprint density at radius 2 is 1.73 bits per heavy atom. The predicted molar refractivity (Wildman–Crippen MR) is 102 cm³/mol. The van der Waals surface area contributed by atoms with E-state index in [1.54, 1.807) is 24.3 Å². The van der Waals surface area contributed by atoms with Gasteiger partial charge in [0.15, 0.2) is 5.78 Å². The van der Waals surface area contributed by atoms with E-state index in [0.29, 0.717) is 24.1 Å². The molecule has 0 aromatic heterocycles. The van der Waals surface area contributed by atoms with E-state index in [1.807, 2.05) is 30.3 Å². The number of carbonyl (C=O) groups excluding carboxylic acids is 2. The van der Waals surface area contributed by atoms with E-state index in [0.717, 1.165) is 5.56 Å². The molecule has 0 heterocycles. The van der Waals surface area contributed by atoms with Gasteiger partial charge < -0.3 is 5.32 Å². The molecule has 0 aliphatic carbocycles. The number of nitrogens with one attached hydrogen (secondary N) is 2. The lowest BCUT2D eigenvalue weighted by Gasteiger charge is -2.08. The van der Waals surface area contributed by atoms with Gasteiger partial charge in [-0.2, -0.15) is 0 Å². The van der Waals surface area contributed by atoms with Crippen LogP contribution in [0, 0.1) is 0 Å². The maximum Gasteiger partial charge on any atom is 0.239 e. The highest BCUT2D eigenvalue weighted by Gasteiger charge is 2.12. The van der Waals surface area contributed by atoms with Gasteiger partial charge in [0.05, 0.1) is 12.3 Å². The molecule has 0 fully saturated rings. The van der Waals surface area contributed by atoms with Crippen LogP contribution in [0.4, 0.5) is 5.69 Å². The molecule has 0 aliphatic heterocycles. The summed E-state index contributed by atoms with van der Waals surface area (Å²) in [6, 6.07) is 16.1. The zero-order valence-electron chi connectivity index (χ0n) is 14.6. The Bertz CT molecular complexity index is 864. The Morgan fingerprint density at radius 1 is 1.00 bits per heavy atom. The van der Waals surface area contributed by atoms with Crippen molar-refractivity contribution in [1.82, 2.24) is 4.72 Å². The van der Waals surface area contributed by atoms with Gasteiger partial charge in [-0.25, -0.2) is 13.1 Å². The van der Waals surface area contributed by atoms with Crippen LogP contribution in [0.3, 0.4) is 0 Å². The van der Waals surface area contributed by atoms with Crippen LogP contribution in [0.5, 0.6) is 0 Å². The lowest BCUT2D eigenvalue weighted by atomic mass is 10.1. The van der Waals surface area contributed by atoms with Crippen LogP contribution in [-0.4, -0.2) is 32.4 Å².